The van der Waals surface area contributed by atoms with E-state index in [2.05, 4.69) is 17.0 Å². The van der Waals surface area contributed by atoms with Crippen LogP contribution in [0.1, 0.15) is 46.0 Å². The maximum Gasteiger partial charge on any atom is 0.416 e. The van der Waals surface area contributed by atoms with Crippen molar-refractivity contribution in [2.24, 2.45) is 10.1 Å². The molecule has 0 spiro atoms. The number of hydrogen-bond donors (Lipinski definition) is 0. The lowest BCUT2D eigenvalue weighted by Crippen LogP contribution is -2.62. The zero-order chi connectivity index (χ0) is 18.1. The van der Waals surface area contributed by atoms with Crippen molar-refractivity contribution in [3.8, 4) is 0 Å². The van der Waals surface area contributed by atoms with Crippen molar-refractivity contribution in [1.82, 2.24) is 14.8 Å². The number of hydrazone groups is 1. The third-order valence-electron chi connectivity index (χ3n) is 4.90. The van der Waals surface area contributed by atoms with Gasteiger partial charge >= 0.3 is 12.0 Å². The van der Waals surface area contributed by atoms with E-state index in [9.17, 15) is 9.59 Å². The highest BCUT2D eigenvalue weighted by Gasteiger charge is 2.53. The van der Waals surface area contributed by atoms with Crippen LogP contribution in [0.4, 0.5) is 4.79 Å². The first kappa shape index (κ1) is 17.6. The minimum atomic E-state index is -0.532. The Morgan fingerprint density at radius 1 is 1.12 bits per heavy atom. The average molecular weight is 347 g/mol. The van der Waals surface area contributed by atoms with Crippen molar-refractivity contribution in [2.45, 2.75) is 52.0 Å². The minimum absolute atomic E-state index is 0.227. The fourth-order valence-electron chi connectivity index (χ4n) is 3.50. The molecule has 0 N–H and O–H groups in total. The Balaban J connectivity index is 1.80. The molecule has 0 radical (unpaired) electrons. The summed E-state index contributed by atoms with van der Waals surface area (Å²) in [5, 5.41) is 6.52. The summed E-state index contributed by atoms with van der Waals surface area (Å²) in [6.07, 6.45) is 5.89. The molecule has 0 aliphatic carbocycles. The van der Waals surface area contributed by atoms with Gasteiger partial charge in [-0.15, -0.1) is 10.1 Å². The number of nitrogens with zero attached hydrogens (tertiary/aromatic N) is 6. The number of imide groups is 1. The van der Waals surface area contributed by atoms with Gasteiger partial charge in [0.25, 0.3) is 5.91 Å². The molecule has 3 aliphatic heterocycles. The van der Waals surface area contributed by atoms with Crippen LogP contribution < -0.4 is 0 Å². The molecule has 0 aromatic heterocycles. The number of carbonyl (C=O) groups excluding carboxylic acids is 2. The number of unbranched alkanes of at least 4 members (excludes halogenated alkanes) is 4. The fourth-order valence-corrected chi connectivity index (χ4v) is 3.50. The highest BCUT2D eigenvalue weighted by atomic mass is 16.2. The highest BCUT2D eigenvalue weighted by molar-refractivity contribution is 6.23. The van der Waals surface area contributed by atoms with Crippen molar-refractivity contribution in [2.75, 3.05) is 27.2 Å². The number of amides is 3. The minimum Gasteiger partial charge on any atom is -0.270 e. The van der Waals surface area contributed by atoms with E-state index in [1.807, 2.05) is 16.5 Å². The van der Waals surface area contributed by atoms with Crippen LogP contribution in [0.3, 0.4) is 0 Å². The predicted molar refractivity (Wildman–Crippen MR) is 95.9 cm³/mol. The van der Waals surface area contributed by atoms with Gasteiger partial charge in [-0.05, 0) is 13.3 Å². The Morgan fingerprint density at radius 3 is 2.56 bits per heavy atom. The van der Waals surface area contributed by atoms with Gasteiger partial charge in [-0.2, -0.15) is 0 Å². The van der Waals surface area contributed by atoms with Gasteiger partial charge in [0, 0.05) is 14.1 Å². The van der Waals surface area contributed by atoms with E-state index in [1.165, 1.54) is 36.1 Å². The predicted octanol–water partition coefficient (Wildman–Crippen LogP) is 1.32. The molecular formula is C17H27N6O2+. The molecule has 0 aromatic carbocycles. The lowest BCUT2D eigenvalue weighted by atomic mass is 10.1. The number of carbonyl (C=O) groups is 2. The van der Waals surface area contributed by atoms with Gasteiger partial charge in [0.05, 0.1) is 12.3 Å². The Morgan fingerprint density at radius 2 is 1.84 bits per heavy atom. The van der Waals surface area contributed by atoms with Crippen LogP contribution >= 0.6 is 0 Å². The van der Waals surface area contributed by atoms with E-state index in [0.29, 0.717) is 18.3 Å². The van der Waals surface area contributed by atoms with Gasteiger partial charge in [0.15, 0.2) is 0 Å². The smallest absolute Gasteiger partial charge is 0.270 e. The molecule has 1 unspecified atom stereocenters. The van der Waals surface area contributed by atoms with E-state index < -0.39 is 6.04 Å². The number of hydrogen-bond acceptors (Lipinski definition) is 5. The van der Waals surface area contributed by atoms with Gasteiger partial charge < -0.3 is 0 Å². The average Bonchev–Trinajstić information content (AvgIpc) is 2.97. The summed E-state index contributed by atoms with van der Waals surface area (Å²) < 4.78 is 1.96. The Kier molecular flexibility index (Phi) is 4.87. The van der Waals surface area contributed by atoms with Crippen LogP contribution in [0.15, 0.2) is 10.1 Å². The number of guanidine groups is 1. The second kappa shape index (κ2) is 6.93. The summed E-state index contributed by atoms with van der Waals surface area (Å²) in [7, 11) is 3.19. The number of rotatable bonds is 6. The molecule has 136 valence electrons. The molecule has 0 aromatic rings. The second-order valence-corrected chi connectivity index (χ2v) is 6.91. The Bertz CT molecular complexity index is 681. The normalized spacial score (nSPS) is 23.0. The molecule has 3 heterocycles. The zero-order valence-corrected chi connectivity index (χ0v) is 15.5. The summed E-state index contributed by atoms with van der Waals surface area (Å²) in [4.78, 5) is 32.1. The van der Waals surface area contributed by atoms with E-state index in [1.54, 1.807) is 7.05 Å². The first-order chi connectivity index (χ1) is 12.0. The SMILES string of the molecule is CCCCCCCN1N=C(C)C[N+]2=C1N=C1C2C(=O)N(C)C(=O)N1C. The molecule has 8 heteroatoms. The largest absolute Gasteiger partial charge is 0.416 e. The molecule has 25 heavy (non-hydrogen) atoms. The van der Waals surface area contributed by atoms with Crippen LogP contribution in [-0.2, 0) is 4.79 Å². The lowest BCUT2D eigenvalue weighted by molar-refractivity contribution is -0.527. The third-order valence-corrected chi connectivity index (χ3v) is 4.90. The molecule has 1 fully saturated rings. The van der Waals surface area contributed by atoms with Crippen molar-refractivity contribution in [3.05, 3.63) is 0 Å². The van der Waals surface area contributed by atoms with Crippen molar-refractivity contribution >= 4 is 29.4 Å². The molecule has 0 bridgehead atoms. The summed E-state index contributed by atoms with van der Waals surface area (Å²) in [6.45, 7) is 5.50. The molecule has 0 saturated carbocycles. The van der Waals surface area contributed by atoms with Gasteiger partial charge in [-0.25, -0.2) is 9.37 Å². The third kappa shape index (κ3) is 3.05. The number of amidine groups is 1. The van der Waals surface area contributed by atoms with Crippen molar-refractivity contribution < 1.29 is 14.2 Å². The first-order valence-corrected chi connectivity index (χ1v) is 9.04. The number of urea groups is 1. The van der Waals surface area contributed by atoms with Crippen LogP contribution in [0.25, 0.3) is 0 Å². The maximum absolute atomic E-state index is 12.6. The number of likely N-dealkylation sites (N-methyl/N-ethyl adjacent to an activating group) is 2. The van der Waals surface area contributed by atoms with Crippen LogP contribution in [-0.4, -0.2) is 82.1 Å². The second-order valence-electron chi connectivity index (χ2n) is 6.91. The van der Waals surface area contributed by atoms with E-state index in [4.69, 9.17) is 0 Å². The fraction of sp³-hybridized carbons (Fsp3) is 0.706. The van der Waals surface area contributed by atoms with Gasteiger partial charge in [0.1, 0.15) is 6.54 Å². The van der Waals surface area contributed by atoms with Crippen LogP contribution in [0.5, 0.6) is 0 Å². The molecular weight excluding hydrogens is 320 g/mol. The van der Waals surface area contributed by atoms with Crippen molar-refractivity contribution in [3.63, 3.8) is 0 Å². The molecule has 3 rings (SSSR count). The topological polar surface area (TPSA) is 71.6 Å². The number of fused-ring (bicyclic) bond motifs is 2. The van der Waals surface area contributed by atoms with Crippen LogP contribution in [0, 0.1) is 0 Å². The monoisotopic (exact) mass is 347 g/mol. The van der Waals surface area contributed by atoms with Gasteiger partial charge in [0.2, 0.25) is 11.9 Å². The molecule has 1 atom stereocenters. The van der Waals surface area contributed by atoms with Gasteiger partial charge in [-0.1, -0.05) is 37.6 Å². The molecule has 8 nitrogen and oxygen atoms in total. The quantitative estimate of drug-likeness (QED) is 0.537. The standard InChI is InChI=1S/C17H27N6O2/c1-5-6-7-8-9-10-23-16-18-14-13(22(16)11-12(2)19-23)15(24)21(4)17(25)20(14)3/h13H,5-11H2,1-4H3/q+1. The number of aliphatic imine (C=N–C) groups is 1. The summed E-state index contributed by atoms with van der Waals surface area (Å²) >= 11 is 0. The summed E-state index contributed by atoms with van der Waals surface area (Å²) in [6, 6.07) is -0.875. The first-order valence-electron chi connectivity index (χ1n) is 9.04. The van der Waals surface area contributed by atoms with Gasteiger partial charge in [-0.3, -0.25) is 14.6 Å². The lowest BCUT2D eigenvalue weighted by Gasteiger charge is -2.32. The highest BCUT2D eigenvalue weighted by Crippen LogP contribution is 2.22. The Labute approximate surface area is 148 Å². The van der Waals surface area contributed by atoms with E-state index >= 15 is 0 Å². The van der Waals surface area contributed by atoms with E-state index in [-0.39, 0.29) is 11.9 Å². The van der Waals surface area contributed by atoms with E-state index in [0.717, 1.165) is 25.1 Å². The maximum atomic E-state index is 12.6. The summed E-state index contributed by atoms with van der Waals surface area (Å²) in [5.41, 5.74) is 0.948. The molecule has 1 saturated heterocycles. The van der Waals surface area contributed by atoms with Crippen LogP contribution in [0.2, 0.25) is 0 Å². The summed E-state index contributed by atoms with van der Waals surface area (Å²) in [5.74, 6) is 0.961. The zero-order valence-electron chi connectivity index (χ0n) is 15.5. The Hall–Kier alpha value is -2.25. The molecule has 3 aliphatic rings. The van der Waals surface area contributed by atoms with Crippen molar-refractivity contribution in [1.29, 1.82) is 0 Å². The molecule has 3 amide bonds.